The Bertz CT molecular complexity index is 599. The highest BCUT2D eigenvalue weighted by Crippen LogP contribution is 2.18. The number of methoxy groups -OCH3 is 1. The maximum Gasteiger partial charge on any atom is 0.339 e. The number of hydrogen-bond acceptors (Lipinski definition) is 4. The van der Waals surface area contributed by atoms with Crippen molar-refractivity contribution < 1.29 is 22.3 Å². The minimum Gasteiger partial charge on any atom is -0.465 e. The molecule has 0 saturated carbocycles. The number of esters is 1. The molecule has 0 atom stereocenters. The average Bonchev–Trinajstić information content (AvgIpc) is 2.42. The summed E-state index contributed by atoms with van der Waals surface area (Å²) in [5.41, 5.74) is -0.185. The third-order valence-electron chi connectivity index (χ3n) is 2.89. The largest absolute Gasteiger partial charge is 0.465 e. The van der Waals surface area contributed by atoms with E-state index in [4.69, 9.17) is 0 Å². The Hall–Kier alpha value is -1.47. The first-order chi connectivity index (χ1) is 9.77. The van der Waals surface area contributed by atoms with E-state index in [9.17, 15) is 17.6 Å². The standard InChI is InChI=1S/C14H20FNO4S/c1-10(2)5-4-8-16-21(18,19)13-9-11(15)6-7-12(13)14(17)20-3/h6-7,9-10,16H,4-5,8H2,1-3H3. The molecule has 0 spiro atoms. The molecule has 0 saturated heterocycles. The number of hydrogen-bond donors (Lipinski definition) is 1. The minimum absolute atomic E-state index is 0.185. The van der Waals surface area contributed by atoms with E-state index in [0.29, 0.717) is 12.3 Å². The molecule has 7 heteroatoms. The average molecular weight is 317 g/mol. The van der Waals surface area contributed by atoms with Crippen LogP contribution >= 0.6 is 0 Å². The Balaban J connectivity index is 2.96. The van der Waals surface area contributed by atoms with Gasteiger partial charge in [0.2, 0.25) is 10.0 Å². The van der Waals surface area contributed by atoms with E-state index in [1.165, 1.54) is 0 Å². The van der Waals surface area contributed by atoms with E-state index in [1.54, 1.807) is 0 Å². The molecule has 21 heavy (non-hydrogen) atoms. The molecule has 0 heterocycles. The van der Waals surface area contributed by atoms with Gasteiger partial charge in [-0.15, -0.1) is 0 Å². The van der Waals surface area contributed by atoms with Crippen LogP contribution in [0, 0.1) is 11.7 Å². The number of nitrogens with one attached hydrogen (secondary N) is 1. The Morgan fingerprint density at radius 3 is 2.62 bits per heavy atom. The molecule has 0 aromatic heterocycles. The third kappa shape index (κ3) is 5.09. The number of rotatable bonds is 7. The van der Waals surface area contributed by atoms with Crippen molar-refractivity contribution in [2.24, 2.45) is 5.92 Å². The molecule has 1 N–H and O–H groups in total. The van der Waals surface area contributed by atoms with Crippen molar-refractivity contribution >= 4 is 16.0 Å². The summed E-state index contributed by atoms with van der Waals surface area (Å²) in [6.07, 6.45) is 1.54. The smallest absolute Gasteiger partial charge is 0.339 e. The van der Waals surface area contributed by atoms with Crippen LogP contribution in [0.25, 0.3) is 0 Å². The van der Waals surface area contributed by atoms with E-state index < -0.39 is 26.7 Å². The summed E-state index contributed by atoms with van der Waals surface area (Å²) >= 11 is 0. The molecule has 0 fully saturated rings. The molecular weight excluding hydrogens is 297 g/mol. The molecule has 0 aliphatic carbocycles. The van der Waals surface area contributed by atoms with Gasteiger partial charge in [0.1, 0.15) is 5.82 Å². The van der Waals surface area contributed by atoms with Gasteiger partial charge in [0.15, 0.2) is 0 Å². The fraction of sp³-hybridized carbons (Fsp3) is 0.500. The lowest BCUT2D eigenvalue weighted by Crippen LogP contribution is -2.27. The Labute approximate surface area is 124 Å². The van der Waals surface area contributed by atoms with E-state index in [2.05, 4.69) is 9.46 Å². The number of carbonyl (C=O) groups excluding carboxylic acids is 1. The normalized spacial score (nSPS) is 11.7. The quantitative estimate of drug-likeness (QED) is 0.619. The number of ether oxygens (including phenoxy) is 1. The van der Waals surface area contributed by atoms with E-state index in [0.717, 1.165) is 31.7 Å². The third-order valence-corrected chi connectivity index (χ3v) is 4.39. The number of benzene rings is 1. The topological polar surface area (TPSA) is 72.5 Å². The van der Waals surface area contributed by atoms with Crippen LogP contribution in [0.3, 0.4) is 0 Å². The Morgan fingerprint density at radius 1 is 1.38 bits per heavy atom. The van der Waals surface area contributed by atoms with Crippen molar-refractivity contribution in [1.29, 1.82) is 0 Å². The molecule has 1 rings (SSSR count). The molecule has 118 valence electrons. The molecule has 0 radical (unpaired) electrons. The fourth-order valence-electron chi connectivity index (χ4n) is 1.79. The van der Waals surface area contributed by atoms with Crippen LogP contribution in [0.5, 0.6) is 0 Å². The highest BCUT2D eigenvalue weighted by atomic mass is 32.2. The summed E-state index contributed by atoms with van der Waals surface area (Å²) in [5.74, 6) is -1.09. The SMILES string of the molecule is COC(=O)c1ccc(F)cc1S(=O)(=O)NCCCC(C)C. The predicted molar refractivity (Wildman–Crippen MR) is 77.0 cm³/mol. The van der Waals surface area contributed by atoms with Crippen LogP contribution in [0.1, 0.15) is 37.0 Å². The maximum atomic E-state index is 13.3. The van der Waals surface area contributed by atoms with Crippen molar-refractivity contribution in [3.63, 3.8) is 0 Å². The number of halogens is 1. The first-order valence-electron chi connectivity index (χ1n) is 6.65. The van der Waals surface area contributed by atoms with Crippen molar-refractivity contribution in [3.8, 4) is 0 Å². The molecule has 1 aromatic rings. The van der Waals surface area contributed by atoms with Crippen LogP contribution in [-0.2, 0) is 14.8 Å². The molecule has 1 aromatic carbocycles. The van der Waals surface area contributed by atoms with Gasteiger partial charge in [0.05, 0.1) is 17.6 Å². The summed E-state index contributed by atoms with van der Waals surface area (Å²) in [7, 11) is -2.82. The highest BCUT2D eigenvalue weighted by molar-refractivity contribution is 7.89. The zero-order valence-corrected chi connectivity index (χ0v) is 13.2. The van der Waals surface area contributed by atoms with Gasteiger partial charge in [-0.1, -0.05) is 13.8 Å². The zero-order valence-electron chi connectivity index (χ0n) is 12.3. The lowest BCUT2D eigenvalue weighted by atomic mass is 10.1. The second-order valence-corrected chi connectivity index (χ2v) is 6.80. The molecule has 5 nitrogen and oxygen atoms in total. The summed E-state index contributed by atoms with van der Waals surface area (Å²) in [6, 6.07) is 2.94. The van der Waals surface area contributed by atoms with Crippen LogP contribution in [0.4, 0.5) is 4.39 Å². The van der Waals surface area contributed by atoms with Gasteiger partial charge in [-0.2, -0.15) is 0 Å². The second-order valence-electron chi connectivity index (χ2n) is 5.07. The summed E-state index contributed by atoms with van der Waals surface area (Å²) in [5, 5.41) is 0. The van der Waals surface area contributed by atoms with Gasteiger partial charge in [-0.25, -0.2) is 22.3 Å². The fourth-order valence-corrected chi connectivity index (χ4v) is 3.07. The van der Waals surface area contributed by atoms with Crippen LogP contribution in [-0.4, -0.2) is 28.0 Å². The lowest BCUT2D eigenvalue weighted by molar-refractivity contribution is 0.0596. The predicted octanol–water partition coefficient (Wildman–Crippen LogP) is 2.33. The zero-order chi connectivity index (χ0) is 16.0. The van der Waals surface area contributed by atoms with Crippen LogP contribution in [0.2, 0.25) is 0 Å². The van der Waals surface area contributed by atoms with Gasteiger partial charge >= 0.3 is 5.97 Å². The van der Waals surface area contributed by atoms with Gasteiger partial charge in [0.25, 0.3) is 0 Å². The molecule has 0 amide bonds. The van der Waals surface area contributed by atoms with Crippen molar-refractivity contribution in [3.05, 3.63) is 29.6 Å². The van der Waals surface area contributed by atoms with Gasteiger partial charge < -0.3 is 4.74 Å². The van der Waals surface area contributed by atoms with Crippen molar-refractivity contribution in [2.75, 3.05) is 13.7 Å². The van der Waals surface area contributed by atoms with Crippen LogP contribution in [0.15, 0.2) is 23.1 Å². The molecule has 0 unspecified atom stereocenters. The molecule has 0 aliphatic heterocycles. The Morgan fingerprint density at radius 2 is 2.05 bits per heavy atom. The minimum atomic E-state index is -3.96. The maximum absolute atomic E-state index is 13.3. The van der Waals surface area contributed by atoms with Gasteiger partial charge in [0, 0.05) is 6.54 Å². The van der Waals surface area contributed by atoms with Gasteiger partial charge in [-0.05, 0) is 37.0 Å². The lowest BCUT2D eigenvalue weighted by Gasteiger charge is -2.11. The van der Waals surface area contributed by atoms with E-state index in [-0.39, 0.29) is 12.1 Å². The van der Waals surface area contributed by atoms with Crippen molar-refractivity contribution in [1.82, 2.24) is 4.72 Å². The highest BCUT2D eigenvalue weighted by Gasteiger charge is 2.23. The van der Waals surface area contributed by atoms with Gasteiger partial charge in [-0.3, -0.25) is 0 Å². The van der Waals surface area contributed by atoms with E-state index in [1.807, 2.05) is 13.8 Å². The van der Waals surface area contributed by atoms with Crippen LogP contribution < -0.4 is 4.72 Å². The summed E-state index contributed by atoms with van der Waals surface area (Å²) < 4.78 is 44.6. The number of carbonyl (C=O) groups is 1. The first-order valence-corrected chi connectivity index (χ1v) is 8.13. The monoisotopic (exact) mass is 317 g/mol. The molecular formula is C14H20FNO4S. The Kier molecular flexibility index (Phi) is 6.29. The second kappa shape index (κ2) is 7.51. The molecule has 0 aliphatic rings. The molecule has 0 bridgehead atoms. The van der Waals surface area contributed by atoms with E-state index >= 15 is 0 Å². The number of sulfonamides is 1. The van der Waals surface area contributed by atoms with Crippen molar-refractivity contribution in [2.45, 2.75) is 31.6 Å². The summed E-state index contributed by atoms with van der Waals surface area (Å²) in [4.78, 5) is 11.2. The first kappa shape index (κ1) is 17.6. The summed E-state index contributed by atoms with van der Waals surface area (Å²) in [6.45, 7) is 4.31.